The van der Waals surface area contributed by atoms with Gasteiger partial charge in [0.05, 0.1) is 5.56 Å². The molecule has 0 spiro atoms. The van der Waals surface area contributed by atoms with E-state index in [0.717, 1.165) is 32.0 Å². The van der Waals surface area contributed by atoms with Crippen LogP contribution < -0.4 is 9.80 Å². The Balaban J connectivity index is 1.46. The number of pyridine rings is 1. The standard InChI is InChI=1S/C17H17N5O2/c23-14-6-2-1-5-13(14)16-19-20-17(24-16)22-11-9-21(10-12-22)15-7-3-4-8-18-15/h1-8,23H,9-12H2. The molecule has 0 bridgehead atoms. The molecule has 1 aromatic carbocycles. The lowest BCUT2D eigenvalue weighted by molar-refractivity contribution is 0.471. The SMILES string of the molecule is Oc1ccccc1-c1nnc(N2CCN(c3ccccn3)CC2)o1. The summed E-state index contributed by atoms with van der Waals surface area (Å²) in [5, 5.41) is 18.1. The fraction of sp³-hybridized carbons (Fsp3) is 0.235. The molecule has 24 heavy (non-hydrogen) atoms. The summed E-state index contributed by atoms with van der Waals surface area (Å²) >= 11 is 0. The fourth-order valence-electron chi connectivity index (χ4n) is 2.77. The van der Waals surface area contributed by atoms with Crippen LogP contribution in [0.2, 0.25) is 0 Å². The molecule has 1 aliphatic heterocycles. The van der Waals surface area contributed by atoms with E-state index in [1.165, 1.54) is 0 Å². The Morgan fingerprint density at radius 3 is 2.38 bits per heavy atom. The van der Waals surface area contributed by atoms with Crippen molar-refractivity contribution in [1.82, 2.24) is 15.2 Å². The highest BCUT2D eigenvalue weighted by Gasteiger charge is 2.22. The van der Waals surface area contributed by atoms with Crippen LogP contribution in [0.5, 0.6) is 5.75 Å². The summed E-state index contributed by atoms with van der Waals surface area (Å²) in [6.45, 7) is 3.23. The maximum atomic E-state index is 9.89. The normalized spacial score (nSPS) is 14.8. The maximum absolute atomic E-state index is 9.89. The minimum absolute atomic E-state index is 0.132. The average molecular weight is 323 g/mol. The Kier molecular flexibility index (Phi) is 3.74. The number of hydrogen-bond donors (Lipinski definition) is 1. The molecule has 1 saturated heterocycles. The van der Waals surface area contributed by atoms with E-state index in [1.807, 2.05) is 24.3 Å². The van der Waals surface area contributed by atoms with Gasteiger partial charge in [-0.15, -0.1) is 5.10 Å². The van der Waals surface area contributed by atoms with Crippen molar-refractivity contribution < 1.29 is 9.52 Å². The van der Waals surface area contributed by atoms with Gasteiger partial charge in [-0.2, -0.15) is 0 Å². The molecule has 1 N–H and O–H groups in total. The Labute approximate surface area is 139 Å². The third-order valence-electron chi connectivity index (χ3n) is 4.07. The first-order chi connectivity index (χ1) is 11.8. The zero-order valence-corrected chi connectivity index (χ0v) is 13.0. The van der Waals surface area contributed by atoms with Crippen LogP contribution in [0.4, 0.5) is 11.8 Å². The average Bonchev–Trinajstić information content (AvgIpc) is 3.13. The van der Waals surface area contributed by atoms with E-state index in [1.54, 1.807) is 24.4 Å². The van der Waals surface area contributed by atoms with E-state index in [4.69, 9.17) is 4.42 Å². The summed E-state index contributed by atoms with van der Waals surface area (Å²) in [6, 6.07) is 13.3. The first-order valence-electron chi connectivity index (χ1n) is 7.84. The number of anilines is 2. The summed E-state index contributed by atoms with van der Waals surface area (Å²) < 4.78 is 5.74. The molecule has 4 rings (SSSR count). The lowest BCUT2D eigenvalue weighted by Gasteiger charge is -2.34. The van der Waals surface area contributed by atoms with E-state index in [-0.39, 0.29) is 5.75 Å². The van der Waals surface area contributed by atoms with Gasteiger partial charge < -0.3 is 19.3 Å². The molecule has 0 aliphatic carbocycles. The number of aromatic hydroxyl groups is 1. The summed E-state index contributed by atoms with van der Waals surface area (Å²) in [4.78, 5) is 8.67. The van der Waals surface area contributed by atoms with Crippen molar-refractivity contribution >= 4 is 11.8 Å². The maximum Gasteiger partial charge on any atom is 0.318 e. The molecular weight excluding hydrogens is 306 g/mol. The third kappa shape index (κ3) is 2.76. The van der Waals surface area contributed by atoms with Crippen LogP contribution >= 0.6 is 0 Å². The van der Waals surface area contributed by atoms with E-state index in [0.29, 0.717) is 17.5 Å². The second kappa shape index (κ2) is 6.19. The van der Waals surface area contributed by atoms with Crippen LogP contribution in [0.25, 0.3) is 11.5 Å². The number of nitrogens with zero attached hydrogens (tertiary/aromatic N) is 5. The topological polar surface area (TPSA) is 78.5 Å². The second-order valence-corrected chi connectivity index (χ2v) is 5.57. The summed E-state index contributed by atoms with van der Waals surface area (Å²) in [6.07, 6.45) is 1.80. The fourth-order valence-corrected chi connectivity index (χ4v) is 2.77. The van der Waals surface area contributed by atoms with E-state index in [9.17, 15) is 5.11 Å². The number of para-hydroxylation sites is 1. The van der Waals surface area contributed by atoms with Crippen LogP contribution in [0.3, 0.4) is 0 Å². The molecule has 0 radical (unpaired) electrons. The van der Waals surface area contributed by atoms with Crippen LogP contribution in [0.15, 0.2) is 53.1 Å². The second-order valence-electron chi connectivity index (χ2n) is 5.57. The van der Waals surface area contributed by atoms with Crippen molar-refractivity contribution in [2.45, 2.75) is 0 Å². The molecular formula is C17H17N5O2. The highest BCUT2D eigenvalue weighted by Crippen LogP contribution is 2.29. The van der Waals surface area contributed by atoms with Gasteiger partial charge in [0, 0.05) is 32.4 Å². The van der Waals surface area contributed by atoms with Gasteiger partial charge in [-0.05, 0) is 24.3 Å². The predicted octanol–water partition coefficient (Wildman–Crippen LogP) is 2.16. The van der Waals surface area contributed by atoms with Crippen LogP contribution in [0, 0.1) is 0 Å². The van der Waals surface area contributed by atoms with Crippen LogP contribution in [0.1, 0.15) is 0 Å². The molecule has 0 saturated carbocycles. The van der Waals surface area contributed by atoms with Crippen molar-refractivity contribution in [1.29, 1.82) is 0 Å². The number of piperazine rings is 1. The zero-order valence-electron chi connectivity index (χ0n) is 13.0. The Morgan fingerprint density at radius 2 is 1.62 bits per heavy atom. The molecule has 1 fully saturated rings. The predicted molar refractivity (Wildman–Crippen MR) is 90.1 cm³/mol. The Hall–Kier alpha value is -3.09. The molecule has 0 amide bonds. The summed E-state index contributed by atoms with van der Waals surface area (Å²) in [7, 11) is 0. The van der Waals surface area contributed by atoms with Gasteiger partial charge in [-0.25, -0.2) is 4.98 Å². The van der Waals surface area contributed by atoms with Gasteiger partial charge in [-0.3, -0.25) is 0 Å². The van der Waals surface area contributed by atoms with Crippen molar-refractivity contribution in [3.05, 3.63) is 48.7 Å². The molecule has 0 unspecified atom stereocenters. The van der Waals surface area contributed by atoms with Crippen LogP contribution in [-0.2, 0) is 0 Å². The zero-order chi connectivity index (χ0) is 16.4. The molecule has 1 aliphatic rings. The van der Waals surface area contributed by atoms with Crippen LogP contribution in [-0.4, -0.2) is 46.5 Å². The number of aromatic nitrogens is 3. The number of rotatable bonds is 3. The summed E-state index contributed by atoms with van der Waals surface area (Å²) in [5.41, 5.74) is 0.545. The molecule has 7 nitrogen and oxygen atoms in total. The van der Waals surface area contributed by atoms with Gasteiger partial charge in [0.25, 0.3) is 5.89 Å². The van der Waals surface area contributed by atoms with Gasteiger partial charge in [0.15, 0.2) is 0 Å². The number of phenolic OH excluding ortho intramolecular Hbond substituents is 1. The van der Waals surface area contributed by atoms with Crippen molar-refractivity contribution in [3.8, 4) is 17.2 Å². The number of phenols is 1. The summed E-state index contributed by atoms with van der Waals surface area (Å²) in [5.74, 6) is 1.44. The Morgan fingerprint density at radius 1 is 0.875 bits per heavy atom. The largest absolute Gasteiger partial charge is 0.507 e. The molecule has 2 aromatic heterocycles. The lowest BCUT2D eigenvalue weighted by Crippen LogP contribution is -2.47. The van der Waals surface area contributed by atoms with Gasteiger partial charge in [0.1, 0.15) is 11.6 Å². The number of benzene rings is 1. The highest BCUT2D eigenvalue weighted by atomic mass is 16.4. The first kappa shape index (κ1) is 14.5. The van der Waals surface area contributed by atoms with Crippen molar-refractivity contribution in [2.24, 2.45) is 0 Å². The smallest absolute Gasteiger partial charge is 0.318 e. The molecule has 122 valence electrons. The number of hydrogen-bond acceptors (Lipinski definition) is 7. The van der Waals surface area contributed by atoms with E-state index in [2.05, 4.69) is 25.0 Å². The first-order valence-corrected chi connectivity index (χ1v) is 7.84. The minimum Gasteiger partial charge on any atom is -0.507 e. The van der Waals surface area contributed by atoms with Gasteiger partial charge in [-0.1, -0.05) is 23.3 Å². The Bertz CT molecular complexity index is 813. The van der Waals surface area contributed by atoms with Gasteiger partial charge >= 0.3 is 6.01 Å². The van der Waals surface area contributed by atoms with Crippen molar-refractivity contribution in [3.63, 3.8) is 0 Å². The highest BCUT2D eigenvalue weighted by molar-refractivity contribution is 5.62. The van der Waals surface area contributed by atoms with E-state index >= 15 is 0 Å². The molecule has 0 atom stereocenters. The quantitative estimate of drug-likeness (QED) is 0.791. The monoisotopic (exact) mass is 323 g/mol. The molecule has 3 aromatic rings. The minimum atomic E-state index is 0.132. The lowest BCUT2D eigenvalue weighted by atomic mass is 10.2. The van der Waals surface area contributed by atoms with E-state index < -0.39 is 0 Å². The van der Waals surface area contributed by atoms with Crippen molar-refractivity contribution in [2.75, 3.05) is 36.0 Å². The molecule has 3 heterocycles. The third-order valence-corrected chi connectivity index (χ3v) is 4.07. The van der Waals surface area contributed by atoms with Gasteiger partial charge in [0.2, 0.25) is 0 Å². The molecule has 7 heteroatoms.